The second-order valence-electron chi connectivity index (χ2n) is 5.38. The smallest absolute Gasteiger partial charge is 0.137 e. The molecule has 2 aromatic rings. The van der Waals surface area contributed by atoms with Gasteiger partial charge in [0.15, 0.2) is 0 Å². The molecule has 1 N–H and O–H groups in total. The number of para-hydroxylation sites is 1. The lowest BCUT2D eigenvalue weighted by molar-refractivity contribution is -0.0191. The van der Waals surface area contributed by atoms with E-state index in [9.17, 15) is 5.11 Å². The Kier molecular flexibility index (Phi) is 3.58. The molecule has 3 rings (SSSR count). The first-order chi connectivity index (χ1) is 9.24. The molecule has 0 amide bonds. The summed E-state index contributed by atoms with van der Waals surface area (Å²) in [5.41, 5.74) is 1.98. The van der Waals surface area contributed by atoms with Crippen molar-refractivity contribution in [2.24, 2.45) is 0 Å². The maximum Gasteiger partial charge on any atom is 0.137 e. The molecule has 3 heteroatoms. The van der Waals surface area contributed by atoms with Crippen LogP contribution in [0.25, 0.3) is 11.0 Å². The maximum atomic E-state index is 10.3. The standard InChI is InChI=1S/C16H20O3/c1-11-5-4-6-12-9-15(19-16(11)12)14(17)10-13-7-2-3-8-18-13/h4-6,9,13-14,17H,2-3,7-8,10H2,1H3. The Morgan fingerprint density at radius 3 is 3.00 bits per heavy atom. The van der Waals surface area contributed by atoms with Crippen LogP contribution >= 0.6 is 0 Å². The minimum Gasteiger partial charge on any atom is -0.458 e. The number of fused-ring (bicyclic) bond motifs is 1. The summed E-state index contributed by atoms with van der Waals surface area (Å²) < 4.78 is 11.5. The lowest BCUT2D eigenvalue weighted by Crippen LogP contribution is -2.21. The highest BCUT2D eigenvalue weighted by atomic mass is 16.5. The van der Waals surface area contributed by atoms with Crippen molar-refractivity contribution in [1.82, 2.24) is 0 Å². The van der Waals surface area contributed by atoms with Crippen molar-refractivity contribution in [2.75, 3.05) is 6.61 Å². The molecular formula is C16H20O3. The Labute approximate surface area is 113 Å². The first-order valence-electron chi connectivity index (χ1n) is 7.03. The van der Waals surface area contributed by atoms with Gasteiger partial charge in [-0.2, -0.15) is 0 Å². The highest BCUT2D eigenvalue weighted by molar-refractivity contribution is 5.80. The van der Waals surface area contributed by atoms with Crippen molar-refractivity contribution in [2.45, 2.75) is 44.8 Å². The molecule has 0 aliphatic carbocycles. The van der Waals surface area contributed by atoms with E-state index in [0.29, 0.717) is 12.2 Å². The van der Waals surface area contributed by atoms with Gasteiger partial charge >= 0.3 is 0 Å². The van der Waals surface area contributed by atoms with Crippen molar-refractivity contribution in [3.63, 3.8) is 0 Å². The van der Waals surface area contributed by atoms with Crippen LogP contribution in [-0.4, -0.2) is 17.8 Å². The molecule has 0 saturated carbocycles. The van der Waals surface area contributed by atoms with Crippen LogP contribution in [0.4, 0.5) is 0 Å². The monoisotopic (exact) mass is 260 g/mol. The largest absolute Gasteiger partial charge is 0.458 e. The van der Waals surface area contributed by atoms with E-state index >= 15 is 0 Å². The topological polar surface area (TPSA) is 42.6 Å². The lowest BCUT2D eigenvalue weighted by atomic mass is 10.0. The Balaban J connectivity index is 1.77. The van der Waals surface area contributed by atoms with Gasteiger partial charge in [0.25, 0.3) is 0 Å². The number of hydrogen-bond acceptors (Lipinski definition) is 3. The number of aliphatic hydroxyl groups excluding tert-OH is 1. The fraction of sp³-hybridized carbons (Fsp3) is 0.500. The van der Waals surface area contributed by atoms with Crippen LogP contribution < -0.4 is 0 Å². The summed E-state index contributed by atoms with van der Waals surface area (Å²) in [4.78, 5) is 0. The summed E-state index contributed by atoms with van der Waals surface area (Å²) in [7, 11) is 0. The predicted octanol–water partition coefficient (Wildman–Crippen LogP) is 3.73. The van der Waals surface area contributed by atoms with Crippen LogP contribution in [0.2, 0.25) is 0 Å². The average molecular weight is 260 g/mol. The van der Waals surface area contributed by atoms with E-state index in [4.69, 9.17) is 9.15 Å². The molecule has 1 aromatic carbocycles. The SMILES string of the molecule is Cc1cccc2cc(C(O)CC3CCCCO3)oc12. The van der Waals surface area contributed by atoms with Gasteiger partial charge in [0.2, 0.25) is 0 Å². The Hall–Kier alpha value is -1.32. The van der Waals surface area contributed by atoms with E-state index in [1.807, 2.05) is 31.2 Å². The summed E-state index contributed by atoms with van der Waals surface area (Å²) in [6.07, 6.45) is 3.58. The minimum absolute atomic E-state index is 0.165. The summed E-state index contributed by atoms with van der Waals surface area (Å²) in [6.45, 7) is 2.84. The first-order valence-corrected chi connectivity index (χ1v) is 7.03. The summed E-state index contributed by atoms with van der Waals surface area (Å²) >= 11 is 0. The number of furan rings is 1. The third kappa shape index (κ3) is 2.67. The fourth-order valence-electron chi connectivity index (χ4n) is 2.75. The Morgan fingerprint density at radius 1 is 1.37 bits per heavy atom. The second-order valence-corrected chi connectivity index (χ2v) is 5.38. The van der Waals surface area contributed by atoms with Crippen LogP contribution in [-0.2, 0) is 4.74 Å². The molecular weight excluding hydrogens is 240 g/mol. The van der Waals surface area contributed by atoms with Gasteiger partial charge in [0, 0.05) is 18.4 Å². The number of aryl methyl sites for hydroxylation is 1. The summed E-state index contributed by atoms with van der Waals surface area (Å²) in [5, 5.41) is 11.3. The summed E-state index contributed by atoms with van der Waals surface area (Å²) in [6, 6.07) is 7.98. The third-order valence-electron chi connectivity index (χ3n) is 3.85. The Bertz CT molecular complexity index is 552. The van der Waals surface area contributed by atoms with Crippen molar-refractivity contribution in [1.29, 1.82) is 0 Å². The van der Waals surface area contributed by atoms with Gasteiger partial charge in [-0.25, -0.2) is 0 Å². The molecule has 2 atom stereocenters. The van der Waals surface area contributed by atoms with Crippen molar-refractivity contribution < 1.29 is 14.3 Å². The molecule has 1 aliphatic heterocycles. The van der Waals surface area contributed by atoms with E-state index in [2.05, 4.69) is 0 Å². The van der Waals surface area contributed by atoms with Gasteiger partial charge in [-0.3, -0.25) is 0 Å². The molecule has 2 heterocycles. The fourth-order valence-corrected chi connectivity index (χ4v) is 2.75. The van der Waals surface area contributed by atoms with Crippen molar-refractivity contribution in [3.05, 3.63) is 35.6 Å². The zero-order valence-corrected chi connectivity index (χ0v) is 11.3. The van der Waals surface area contributed by atoms with Crippen LogP contribution in [0, 0.1) is 6.92 Å². The van der Waals surface area contributed by atoms with E-state index in [1.165, 1.54) is 6.42 Å². The number of aliphatic hydroxyl groups is 1. The zero-order chi connectivity index (χ0) is 13.2. The highest BCUT2D eigenvalue weighted by Gasteiger charge is 2.21. The van der Waals surface area contributed by atoms with Crippen LogP contribution in [0.3, 0.4) is 0 Å². The van der Waals surface area contributed by atoms with Gasteiger partial charge in [0.1, 0.15) is 17.4 Å². The number of rotatable bonds is 3. The lowest BCUT2D eigenvalue weighted by Gasteiger charge is -2.23. The first kappa shape index (κ1) is 12.7. The molecule has 19 heavy (non-hydrogen) atoms. The third-order valence-corrected chi connectivity index (χ3v) is 3.85. The van der Waals surface area contributed by atoms with E-state index in [0.717, 1.165) is 36.0 Å². The molecule has 2 unspecified atom stereocenters. The van der Waals surface area contributed by atoms with Crippen molar-refractivity contribution >= 4 is 11.0 Å². The zero-order valence-electron chi connectivity index (χ0n) is 11.3. The number of ether oxygens (including phenoxy) is 1. The molecule has 0 radical (unpaired) electrons. The van der Waals surface area contributed by atoms with Crippen LogP contribution in [0.5, 0.6) is 0 Å². The molecule has 1 saturated heterocycles. The molecule has 3 nitrogen and oxygen atoms in total. The van der Waals surface area contributed by atoms with Gasteiger partial charge in [-0.05, 0) is 37.8 Å². The molecule has 102 valence electrons. The van der Waals surface area contributed by atoms with E-state index in [-0.39, 0.29) is 6.10 Å². The summed E-state index contributed by atoms with van der Waals surface area (Å²) in [5.74, 6) is 0.651. The maximum absolute atomic E-state index is 10.3. The molecule has 0 spiro atoms. The Morgan fingerprint density at radius 2 is 2.26 bits per heavy atom. The highest BCUT2D eigenvalue weighted by Crippen LogP contribution is 2.30. The minimum atomic E-state index is -0.574. The quantitative estimate of drug-likeness (QED) is 0.914. The van der Waals surface area contributed by atoms with Crippen LogP contribution in [0.1, 0.15) is 43.1 Å². The molecule has 0 bridgehead atoms. The molecule has 1 fully saturated rings. The second kappa shape index (κ2) is 5.35. The van der Waals surface area contributed by atoms with E-state index < -0.39 is 6.10 Å². The number of benzene rings is 1. The molecule has 1 aliphatic rings. The van der Waals surface area contributed by atoms with Gasteiger partial charge < -0.3 is 14.3 Å². The van der Waals surface area contributed by atoms with E-state index in [1.54, 1.807) is 0 Å². The van der Waals surface area contributed by atoms with Gasteiger partial charge in [0.05, 0.1) is 6.10 Å². The van der Waals surface area contributed by atoms with Gasteiger partial charge in [-0.1, -0.05) is 18.2 Å². The van der Waals surface area contributed by atoms with Crippen LogP contribution in [0.15, 0.2) is 28.7 Å². The average Bonchev–Trinajstić information content (AvgIpc) is 2.85. The van der Waals surface area contributed by atoms with Gasteiger partial charge in [-0.15, -0.1) is 0 Å². The normalized spacial score (nSPS) is 21.7. The number of hydrogen-bond donors (Lipinski definition) is 1. The van der Waals surface area contributed by atoms with Crippen molar-refractivity contribution in [3.8, 4) is 0 Å². The predicted molar refractivity (Wildman–Crippen MR) is 74.1 cm³/mol. The molecule has 1 aromatic heterocycles.